The van der Waals surface area contributed by atoms with E-state index in [4.69, 9.17) is 5.73 Å². The highest BCUT2D eigenvalue weighted by Gasteiger charge is 2.23. The Morgan fingerprint density at radius 2 is 2.43 bits per heavy atom. The number of nitrogens with one attached hydrogen (secondary N) is 2. The second-order valence-corrected chi connectivity index (χ2v) is 6.57. The van der Waals surface area contributed by atoms with Gasteiger partial charge in [-0.1, -0.05) is 0 Å². The molecule has 1 unspecified atom stereocenters. The number of rotatable bonds is 4. The van der Waals surface area contributed by atoms with Crippen molar-refractivity contribution < 1.29 is 9.18 Å². The van der Waals surface area contributed by atoms with Crippen LogP contribution in [0, 0.1) is 0 Å². The molecule has 1 fully saturated rings. The van der Waals surface area contributed by atoms with E-state index >= 15 is 0 Å². The van der Waals surface area contributed by atoms with Gasteiger partial charge in [-0.05, 0) is 28.8 Å². The molecule has 1 aliphatic rings. The van der Waals surface area contributed by atoms with Crippen LogP contribution in [-0.2, 0) is 4.79 Å². The van der Waals surface area contributed by atoms with Gasteiger partial charge in [-0.2, -0.15) is 0 Å². The number of halogens is 2. The van der Waals surface area contributed by atoms with Crippen molar-refractivity contribution in [3.63, 3.8) is 0 Å². The number of nitrogens with two attached hydrogens (primary N) is 1. The van der Waals surface area contributed by atoms with E-state index in [9.17, 15) is 9.18 Å². The van der Waals surface area contributed by atoms with Gasteiger partial charge >= 0.3 is 0 Å². The zero-order valence-corrected chi connectivity index (χ0v) is 14.2. The van der Waals surface area contributed by atoms with E-state index in [1.54, 1.807) is 12.4 Å². The first-order chi connectivity index (χ1) is 11.1. The quantitative estimate of drug-likeness (QED) is 0.756. The molecule has 1 saturated heterocycles. The van der Waals surface area contributed by atoms with E-state index in [1.165, 1.54) is 0 Å². The van der Waals surface area contributed by atoms with Crippen molar-refractivity contribution in [1.29, 1.82) is 0 Å². The van der Waals surface area contributed by atoms with Gasteiger partial charge in [0.2, 0.25) is 5.91 Å². The van der Waals surface area contributed by atoms with Crippen molar-refractivity contribution in [2.45, 2.75) is 25.3 Å². The molecule has 8 heteroatoms. The van der Waals surface area contributed by atoms with Crippen molar-refractivity contribution in [2.75, 3.05) is 30.0 Å². The minimum absolute atomic E-state index is 0.127. The molecule has 1 amide bonds. The van der Waals surface area contributed by atoms with Crippen LogP contribution in [0.15, 0.2) is 16.9 Å². The molecule has 0 aliphatic carbocycles. The van der Waals surface area contributed by atoms with Crippen molar-refractivity contribution in [3.05, 3.63) is 16.9 Å². The van der Waals surface area contributed by atoms with E-state index in [0.717, 1.165) is 41.5 Å². The van der Waals surface area contributed by atoms with Crippen LogP contribution < -0.4 is 16.0 Å². The van der Waals surface area contributed by atoms with Crippen molar-refractivity contribution >= 4 is 44.2 Å². The number of hydrogen-bond acceptors (Lipinski definition) is 4. The number of fused-ring (bicyclic) bond motifs is 1. The van der Waals surface area contributed by atoms with Gasteiger partial charge < -0.3 is 20.9 Å². The number of alkyl halides is 1. The number of piperidine rings is 1. The fourth-order valence-electron chi connectivity index (χ4n) is 2.98. The smallest absolute Gasteiger partial charge is 0.227 e. The van der Waals surface area contributed by atoms with Crippen molar-refractivity contribution in [3.8, 4) is 0 Å². The summed E-state index contributed by atoms with van der Waals surface area (Å²) in [6.07, 6.45) is 5.30. The molecule has 6 nitrogen and oxygen atoms in total. The Bertz CT molecular complexity index is 719. The lowest BCUT2D eigenvalue weighted by Crippen LogP contribution is -2.43. The van der Waals surface area contributed by atoms with Crippen LogP contribution in [0.4, 0.5) is 15.8 Å². The van der Waals surface area contributed by atoms with Gasteiger partial charge in [0.1, 0.15) is 5.65 Å². The number of carbonyl (C=O) groups is 1. The summed E-state index contributed by atoms with van der Waals surface area (Å²) in [5.74, 6) is -0.352. The summed E-state index contributed by atoms with van der Waals surface area (Å²) in [6, 6.07) is 0.127. The fourth-order valence-corrected chi connectivity index (χ4v) is 3.53. The summed E-state index contributed by atoms with van der Waals surface area (Å²) in [4.78, 5) is 21.4. The zero-order chi connectivity index (χ0) is 16.4. The molecule has 0 radical (unpaired) electrons. The van der Waals surface area contributed by atoms with Crippen LogP contribution in [0.2, 0.25) is 0 Å². The minimum Gasteiger partial charge on any atom is -0.368 e. The number of aromatic amines is 1. The van der Waals surface area contributed by atoms with Gasteiger partial charge in [0.25, 0.3) is 0 Å². The Morgan fingerprint density at radius 1 is 1.61 bits per heavy atom. The summed E-state index contributed by atoms with van der Waals surface area (Å²) < 4.78 is 13.2. The molecule has 3 heterocycles. The first-order valence-electron chi connectivity index (χ1n) is 7.62. The number of H-pyrrole nitrogens is 1. The highest BCUT2D eigenvalue weighted by molar-refractivity contribution is 9.10. The summed E-state index contributed by atoms with van der Waals surface area (Å²) in [5.41, 5.74) is 8.35. The van der Waals surface area contributed by atoms with E-state index in [0.29, 0.717) is 11.3 Å². The molecule has 4 N–H and O–H groups in total. The number of anilines is 2. The lowest BCUT2D eigenvalue weighted by Gasteiger charge is -2.33. The van der Waals surface area contributed by atoms with E-state index in [2.05, 4.69) is 36.1 Å². The molecular formula is C15H19BrFN5O. The lowest BCUT2D eigenvalue weighted by atomic mass is 10.1. The summed E-state index contributed by atoms with van der Waals surface area (Å²) in [6.45, 7) is 0.971. The van der Waals surface area contributed by atoms with E-state index in [1.807, 2.05) is 0 Å². The first-order valence-corrected chi connectivity index (χ1v) is 8.41. The molecule has 1 aliphatic heterocycles. The normalized spacial score (nSPS) is 18.4. The second-order valence-electron chi connectivity index (χ2n) is 5.72. The Labute approximate surface area is 141 Å². The Hall–Kier alpha value is -1.67. The van der Waals surface area contributed by atoms with Gasteiger partial charge in [0, 0.05) is 31.5 Å². The molecule has 0 spiro atoms. The molecule has 0 bridgehead atoms. The molecule has 124 valence electrons. The number of nitrogens with zero attached hydrogens (tertiary/aromatic N) is 2. The Kier molecular flexibility index (Phi) is 4.82. The predicted octanol–water partition coefficient (Wildman–Crippen LogP) is 2.55. The summed E-state index contributed by atoms with van der Waals surface area (Å²) in [7, 11) is 0. The molecule has 2 aromatic rings. The minimum atomic E-state index is -0.677. The molecule has 3 rings (SSSR count). The highest BCUT2D eigenvalue weighted by Crippen LogP contribution is 2.38. The third kappa shape index (κ3) is 3.32. The number of amides is 1. The van der Waals surface area contributed by atoms with E-state index in [-0.39, 0.29) is 18.4 Å². The van der Waals surface area contributed by atoms with Gasteiger partial charge in [-0.3, -0.25) is 9.18 Å². The molecule has 23 heavy (non-hydrogen) atoms. The second kappa shape index (κ2) is 6.84. The monoisotopic (exact) mass is 383 g/mol. The third-order valence-electron chi connectivity index (χ3n) is 4.00. The average Bonchev–Trinajstić information content (AvgIpc) is 2.90. The average molecular weight is 384 g/mol. The fraction of sp³-hybridized carbons (Fsp3) is 0.467. The summed E-state index contributed by atoms with van der Waals surface area (Å²) >= 11 is 3.56. The number of hydrogen-bond donors (Lipinski definition) is 3. The van der Waals surface area contributed by atoms with Crippen molar-refractivity contribution in [1.82, 2.24) is 9.97 Å². The number of aromatic nitrogens is 2. The van der Waals surface area contributed by atoms with Crippen LogP contribution in [0.1, 0.15) is 19.3 Å². The topological polar surface area (TPSA) is 87.0 Å². The van der Waals surface area contributed by atoms with Crippen LogP contribution in [0.5, 0.6) is 0 Å². The molecule has 2 aromatic heterocycles. The number of pyridine rings is 1. The predicted molar refractivity (Wildman–Crippen MR) is 92.4 cm³/mol. The largest absolute Gasteiger partial charge is 0.368 e. The lowest BCUT2D eigenvalue weighted by molar-refractivity contribution is -0.116. The van der Waals surface area contributed by atoms with E-state index < -0.39 is 6.67 Å². The third-order valence-corrected chi connectivity index (χ3v) is 4.58. The van der Waals surface area contributed by atoms with Gasteiger partial charge in [0.15, 0.2) is 0 Å². The SMILES string of the molecule is NC1CCCN(c2c(Br)cnc3[nH]cc(NC(=O)CCF)c23)C1. The summed E-state index contributed by atoms with van der Waals surface area (Å²) in [5, 5.41) is 3.57. The maximum atomic E-state index is 12.4. The molecular weight excluding hydrogens is 365 g/mol. The highest BCUT2D eigenvalue weighted by atomic mass is 79.9. The standard InChI is InChI=1S/C15H19BrFN5O/c16-10-6-19-15-13(11(7-20-15)21-12(23)3-4-17)14(10)22-5-1-2-9(18)8-22/h6-7,9H,1-5,8,18H2,(H,19,20)(H,21,23). The van der Waals surface area contributed by atoms with Crippen LogP contribution >= 0.6 is 15.9 Å². The van der Waals surface area contributed by atoms with Crippen LogP contribution in [0.3, 0.4) is 0 Å². The Balaban J connectivity index is 2.03. The maximum Gasteiger partial charge on any atom is 0.227 e. The molecule has 0 saturated carbocycles. The van der Waals surface area contributed by atoms with Crippen molar-refractivity contribution in [2.24, 2.45) is 5.73 Å². The molecule has 0 aromatic carbocycles. The zero-order valence-electron chi connectivity index (χ0n) is 12.6. The van der Waals surface area contributed by atoms with Gasteiger partial charge in [-0.25, -0.2) is 4.98 Å². The maximum absolute atomic E-state index is 12.4. The first kappa shape index (κ1) is 16.2. The van der Waals surface area contributed by atoms with Gasteiger partial charge in [0.05, 0.1) is 34.3 Å². The Morgan fingerprint density at radius 3 is 3.17 bits per heavy atom. The van der Waals surface area contributed by atoms with Crippen LogP contribution in [-0.4, -0.2) is 41.7 Å². The molecule has 1 atom stereocenters. The van der Waals surface area contributed by atoms with Gasteiger partial charge in [-0.15, -0.1) is 0 Å². The number of carbonyl (C=O) groups excluding carboxylic acids is 1. The van der Waals surface area contributed by atoms with Crippen LogP contribution in [0.25, 0.3) is 11.0 Å².